The normalized spacial score (nSPS) is 13.5. The number of nitrogens with zero attached hydrogens (tertiary/aromatic N) is 1. The molecule has 1 aliphatic heterocycles. The molecule has 8 nitrogen and oxygen atoms in total. The molecule has 1 N–H and O–H groups in total. The number of aromatic nitrogens is 1. The molecule has 1 aromatic heterocycles. The van der Waals surface area contributed by atoms with Crippen molar-refractivity contribution in [3.05, 3.63) is 35.6 Å². The van der Waals surface area contributed by atoms with Crippen molar-refractivity contribution < 1.29 is 28.3 Å². The maximum absolute atomic E-state index is 12.1. The van der Waals surface area contributed by atoms with Gasteiger partial charge >= 0.3 is 5.97 Å². The van der Waals surface area contributed by atoms with Crippen molar-refractivity contribution in [1.82, 2.24) is 5.16 Å². The van der Waals surface area contributed by atoms with E-state index in [1.165, 1.54) is 13.0 Å². The first kappa shape index (κ1) is 14.9. The van der Waals surface area contributed by atoms with Crippen LogP contribution < -0.4 is 14.8 Å². The number of anilines is 1. The summed E-state index contributed by atoms with van der Waals surface area (Å²) < 4.78 is 20.3. The molecule has 0 spiro atoms. The predicted molar refractivity (Wildman–Crippen MR) is 77.3 cm³/mol. The van der Waals surface area contributed by atoms with Crippen LogP contribution in [0.15, 0.2) is 28.8 Å². The molecule has 3 rings (SSSR count). The van der Waals surface area contributed by atoms with Crippen LogP contribution in [-0.2, 0) is 9.53 Å². The van der Waals surface area contributed by atoms with Gasteiger partial charge in [-0.05, 0) is 32.0 Å². The Labute approximate surface area is 131 Å². The summed E-state index contributed by atoms with van der Waals surface area (Å²) in [5.41, 5.74) is 0.270. The van der Waals surface area contributed by atoms with E-state index in [-0.39, 0.29) is 18.2 Å². The first-order valence-corrected chi connectivity index (χ1v) is 6.88. The van der Waals surface area contributed by atoms with Crippen LogP contribution in [0.2, 0.25) is 0 Å². The number of rotatable bonds is 4. The molecule has 0 saturated heterocycles. The topological polar surface area (TPSA) is 99.9 Å². The summed E-state index contributed by atoms with van der Waals surface area (Å²) in [6.45, 7) is 3.28. The Kier molecular flexibility index (Phi) is 3.88. The quantitative estimate of drug-likeness (QED) is 0.859. The molecule has 0 aliphatic carbocycles. The van der Waals surface area contributed by atoms with E-state index in [2.05, 4.69) is 10.5 Å². The average Bonchev–Trinajstić information content (AvgIpc) is 3.14. The van der Waals surface area contributed by atoms with Gasteiger partial charge in [0.1, 0.15) is 5.76 Å². The molecule has 1 atom stereocenters. The number of carbonyl (C=O) groups excluding carboxylic acids is 2. The number of ether oxygens (including phenoxy) is 3. The molecule has 1 aromatic carbocycles. The summed E-state index contributed by atoms with van der Waals surface area (Å²) in [6, 6.07) is 6.23. The van der Waals surface area contributed by atoms with Crippen molar-refractivity contribution in [2.45, 2.75) is 20.0 Å². The van der Waals surface area contributed by atoms with Gasteiger partial charge in [-0.15, -0.1) is 0 Å². The van der Waals surface area contributed by atoms with Crippen LogP contribution >= 0.6 is 0 Å². The average molecular weight is 318 g/mol. The molecule has 2 aromatic rings. The van der Waals surface area contributed by atoms with E-state index in [0.717, 1.165) is 0 Å². The fourth-order valence-corrected chi connectivity index (χ4v) is 1.96. The number of amides is 1. The van der Waals surface area contributed by atoms with Crippen molar-refractivity contribution in [2.75, 3.05) is 12.1 Å². The summed E-state index contributed by atoms with van der Waals surface area (Å²) >= 11 is 0. The van der Waals surface area contributed by atoms with E-state index < -0.39 is 18.0 Å². The zero-order chi connectivity index (χ0) is 16.4. The van der Waals surface area contributed by atoms with Crippen molar-refractivity contribution in [1.29, 1.82) is 0 Å². The lowest BCUT2D eigenvalue weighted by atomic mass is 10.2. The van der Waals surface area contributed by atoms with Crippen molar-refractivity contribution in [3.8, 4) is 11.5 Å². The Morgan fingerprint density at radius 1 is 1.26 bits per heavy atom. The third-order valence-corrected chi connectivity index (χ3v) is 3.14. The molecule has 1 unspecified atom stereocenters. The van der Waals surface area contributed by atoms with Gasteiger partial charge in [-0.1, -0.05) is 5.16 Å². The summed E-state index contributed by atoms with van der Waals surface area (Å²) in [6.07, 6.45) is -0.995. The lowest BCUT2D eigenvalue weighted by Gasteiger charge is -2.12. The second-order valence-corrected chi connectivity index (χ2v) is 4.93. The summed E-state index contributed by atoms with van der Waals surface area (Å²) in [4.78, 5) is 24.0. The van der Waals surface area contributed by atoms with Gasteiger partial charge in [0.25, 0.3) is 5.91 Å². The Hall–Kier alpha value is -3.03. The highest BCUT2D eigenvalue weighted by Gasteiger charge is 2.22. The van der Waals surface area contributed by atoms with E-state index in [1.54, 1.807) is 25.1 Å². The molecular formula is C15H14N2O6. The minimum Gasteiger partial charge on any atom is -0.454 e. The maximum Gasteiger partial charge on any atom is 0.339 e. The minimum atomic E-state index is -0.995. The maximum atomic E-state index is 12.1. The van der Waals surface area contributed by atoms with Crippen LogP contribution in [0, 0.1) is 6.92 Å². The fraction of sp³-hybridized carbons (Fsp3) is 0.267. The van der Waals surface area contributed by atoms with E-state index in [4.69, 9.17) is 18.7 Å². The number of nitrogens with one attached hydrogen (secondary N) is 1. The molecule has 23 heavy (non-hydrogen) atoms. The van der Waals surface area contributed by atoms with Gasteiger partial charge < -0.3 is 24.1 Å². The van der Waals surface area contributed by atoms with Gasteiger partial charge in [-0.3, -0.25) is 4.79 Å². The summed E-state index contributed by atoms with van der Waals surface area (Å²) in [5.74, 6) is 0.710. The van der Waals surface area contributed by atoms with Crippen LogP contribution in [0.1, 0.15) is 23.0 Å². The smallest absolute Gasteiger partial charge is 0.339 e. The summed E-state index contributed by atoms with van der Waals surface area (Å²) in [5, 5.41) is 6.13. The van der Waals surface area contributed by atoms with Crippen LogP contribution in [-0.4, -0.2) is 29.9 Å². The van der Waals surface area contributed by atoms with Crippen LogP contribution in [0.25, 0.3) is 0 Å². The van der Waals surface area contributed by atoms with Crippen LogP contribution in [0.3, 0.4) is 0 Å². The second-order valence-electron chi connectivity index (χ2n) is 4.93. The Morgan fingerprint density at radius 2 is 2.04 bits per heavy atom. The second kappa shape index (κ2) is 5.99. The van der Waals surface area contributed by atoms with Crippen molar-refractivity contribution in [2.24, 2.45) is 0 Å². The molecule has 0 radical (unpaired) electrons. The van der Waals surface area contributed by atoms with Gasteiger partial charge in [-0.2, -0.15) is 0 Å². The third kappa shape index (κ3) is 3.25. The van der Waals surface area contributed by atoms with E-state index in [1.807, 2.05) is 0 Å². The fourth-order valence-electron chi connectivity index (χ4n) is 1.96. The monoisotopic (exact) mass is 318 g/mol. The molecule has 0 fully saturated rings. The molecular weight excluding hydrogens is 304 g/mol. The number of fused-ring (bicyclic) bond motifs is 1. The van der Waals surface area contributed by atoms with E-state index in [9.17, 15) is 9.59 Å². The standard InChI is InChI=1S/C15H14N2O6/c1-8-5-13(17-23-8)16-14(18)9(2)22-15(19)10-3-4-11-12(6-10)21-7-20-11/h3-6,9H,7H2,1-2H3,(H,16,17,18). The minimum absolute atomic E-state index is 0.115. The van der Waals surface area contributed by atoms with Gasteiger partial charge in [0.2, 0.25) is 6.79 Å². The van der Waals surface area contributed by atoms with E-state index >= 15 is 0 Å². The lowest BCUT2D eigenvalue weighted by Crippen LogP contribution is -2.30. The van der Waals surface area contributed by atoms with Crippen LogP contribution in [0.5, 0.6) is 11.5 Å². The Morgan fingerprint density at radius 3 is 2.78 bits per heavy atom. The molecule has 1 aliphatic rings. The lowest BCUT2D eigenvalue weighted by molar-refractivity contribution is -0.123. The summed E-state index contributed by atoms with van der Waals surface area (Å²) in [7, 11) is 0. The highest BCUT2D eigenvalue weighted by molar-refractivity contribution is 5.97. The van der Waals surface area contributed by atoms with Crippen molar-refractivity contribution in [3.63, 3.8) is 0 Å². The number of esters is 1. The molecule has 2 heterocycles. The largest absolute Gasteiger partial charge is 0.454 e. The molecule has 1 amide bonds. The van der Waals surface area contributed by atoms with Crippen LogP contribution in [0.4, 0.5) is 5.82 Å². The first-order chi connectivity index (χ1) is 11.0. The third-order valence-electron chi connectivity index (χ3n) is 3.14. The SMILES string of the molecule is Cc1cc(NC(=O)C(C)OC(=O)c2ccc3c(c2)OCO3)no1. The molecule has 0 bridgehead atoms. The van der Waals surface area contributed by atoms with Gasteiger partial charge in [0, 0.05) is 6.07 Å². The molecule has 120 valence electrons. The molecule has 0 saturated carbocycles. The number of hydrogen-bond donors (Lipinski definition) is 1. The number of hydrogen-bond acceptors (Lipinski definition) is 7. The number of benzene rings is 1. The highest BCUT2D eigenvalue weighted by Crippen LogP contribution is 2.32. The van der Waals surface area contributed by atoms with Gasteiger partial charge in [0.15, 0.2) is 23.4 Å². The number of aryl methyl sites for hydroxylation is 1. The van der Waals surface area contributed by atoms with E-state index in [0.29, 0.717) is 17.3 Å². The molecule has 8 heteroatoms. The Balaban J connectivity index is 1.61. The van der Waals surface area contributed by atoms with Crippen molar-refractivity contribution >= 4 is 17.7 Å². The Bertz CT molecular complexity index is 754. The first-order valence-electron chi connectivity index (χ1n) is 6.88. The predicted octanol–water partition coefficient (Wildman–Crippen LogP) is 1.90. The highest BCUT2D eigenvalue weighted by atomic mass is 16.7. The zero-order valence-electron chi connectivity index (χ0n) is 12.5. The van der Waals surface area contributed by atoms with Gasteiger partial charge in [-0.25, -0.2) is 4.79 Å². The zero-order valence-corrected chi connectivity index (χ0v) is 12.5. The number of carbonyl (C=O) groups is 2. The van der Waals surface area contributed by atoms with Gasteiger partial charge in [0.05, 0.1) is 5.56 Å².